The van der Waals surface area contributed by atoms with Gasteiger partial charge in [-0.2, -0.15) is 0 Å². The van der Waals surface area contributed by atoms with E-state index in [1.807, 2.05) is 0 Å². The van der Waals surface area contributed by atoms with Crippen LogP contribution in [0.4, 0.5) is 5.69 Å². The van der Waals surface area contributed by atoms with Crippen LogP contribution in [0.3, 0.4) is 0 Å². The van der Waals surface area contributed by atoms with Gasteiger partial charge in [-0.1, -0.05) is 25.1 Å². The predicted molar refractivity (Wildman–Crippen MR) is 80.7 cm³/mol. The van der Waals surface area contributed by atoms with E-state index in [4.69, 9.17) is 4.74 Å². The van der Waals surface area contributed by atoms with Crippen LogP contribution in [-0.2, 0) is 11.3 Å². The van der Waals surface area contributed by atoms with E-state index in [1.54, 1.807) is 0 Å². The molecule has 106 valence electrons. The van der Waals surface area contributed by atoms with Gasteiger partial charge in [0.25, 0.3) is 0 Å². The Hall–Kier alpha value is -1.06. The van der Waals surface area contributed by atoms with Gasteiger partial charge in [0.1, 0.15) is 0 Å². The Morgan fingerprint density at radius 3 is 2.58 bits per heavy atom. The number of anilines is 1. The Balaban J connectivity index is 2.09. The Bertz CT molecular complexity index is 384. The molecule has 0 aromatic heterocycles. The molecule has 1 aromatic carbocycles. The van der Waals surface area contributed by atoms with E-state index >= 15 is 0 Å². The fourth-order valence-electron chi connectivity index (χ4n) is 2.74. The van der Waals surface area contributed by atoms with Crippen LogP contribution in [0.2, 0.25) is 0 Å². The van der Waals surface area contributed by atoms with Crippen LogP contribution < -0.4 is 10.2 Å². The highest BCUT2D eigenvalue weighted by Gasteiger charge is 2.23. The van der Waals surface area contributed by atoms with Gasteiger partial charge >= 0.3 is 0 Å². The maximum Gasteiger partial charge on any atom is 0.0726 e. The lowest BCUT2D eigenvalue weighted by Gasteiger charge is -2.37. The highest BCUT2D eigenvalue weighted by molar-refractivity contribution is 5.54. The molecule has 0 spiro atoms. The lowest BCUT2D eigenvalue weighted by atomic mass is 10.1. The van der Waals surface area contributed by atoms with Gasteiger partial charge in [0.2, 0.25) is 0 Å². The number of rotatable bonds is 5. The summed E-state index contributed by atoms with van der Waals surface area (Å²) in [5, 5.41) is 3.50. The standard InChI is InChI=1S/C16H26N2O/c1-4-9-17-10-15-7-5-6-8-16(15)18-11-13(2)19-14(3)12-18/h5-8,13-14,17H,4,9-12H2,1-3H3/t13-,14+. The molecule has 3 heteroatoms. The van der Waals surface area contributed by atoms with Crippen molar-refractivity contribution in [2.45, 2.75) is 45.9 Å². The summed E-state index contributed by atoms with van der Waals surface area (Å²) in [6, 6.07) is 8.71. The van der Waals surface area contributed by atoms with Crippen molar-refractivity contribution in [1.82, 2.24) is 5.32 Å². The smallest absolute Gasteiger partial charge is 0.0726 e. The summed E-state index contributed by atoms with van der Waals surface area (Å²) in [6.07, 6.45) is 1.79. The number of para-hydroxylation sites is 1. The number of hydrogen-bond donors (Lipinski definition) is 1. The van der Waals surface area contributed by atoms with Crippen LogP contribution in [-0.4, -0.2) is 31.8 Å². The van der Waals surface area contributed by atoms with Crippen molar-refractivity contribution in [3.63, 3.8) is 0 Å². The second-order valence-electron chi connectivity index (χ2n) is 5.47. The summed E-state index contributed by atoms with van der Waals surface area (Å²) in [5.74, 6) is 0. The monoisotopic (exact) mass is 262 g/mol. The van der Waals surface area contributed by atoms with E-state index in [-0.39, 0.29) is 0 Å². The van der Waals surface area contributed by atoms with Gasteiger partial charge in [0.05, 0.1) is 12.2 Å². The molecule has 1 N–H and O–H groups in total. The van der Waals surface area contributed by atoms with Crippen molar-refractivity contribution in [2.24, 2.45) is 0 Å². The van der Waals surface area contributed by atoms with Crippen LogP contribution in [0.25, 0.3) is 0 Å². The van der Waals surface area contributed by atoms with Gasteiger partial charge in [0.15, 0.2) is 0 Å². The summed E-state index contributed by atoms with van der Waals surface area (Å²) in [6.45, 7) is 10.5. The minimum absolute atomic E-state index is 0.306. The highest BCUT2D eigenvalue weighted by Crippen LogP contribution is 2.24. The Kier molecular flexibility index (Phi) is 5.23. The summed E-state index contributed by atoms with van der Waals surface area (Å²) in [4.78, 5) is 2.46. The average molecular weight is 262 g/mol. The van der Waals surface area contributed by atoms with Gasteiger partial charge in [-0.3, -0.25) is 0 Å². The molecule has 2 atom stereocenters. The number of ether oxygens (including phenoxy) is 1. The Morgan fingerprint density at radius 2 is 1.89 bits per heavy atom. The normalized spacial score (nSPS) is 23.6. The van der Waals surface area contributed by atoms with E-state index in [9.17, 15) is 0 Å². The number of hydrogen-bond acceptors (Lipinski definition) is 3. The third kappa shape index (κ3) is 3.95. The molecule has 0 bridgehead atoms. The van der Waals surface area contributed by atoms with Gasteiger partial charge in [-0.25, -0.2) is 0 Å². The zero-order chi connectivity index (χ0) is 13.7. The van der Waals surface area contributed by atoms with Gasteiger partial charge in [-0.05, 0) is 38.4 Å². The second-order valence-corrected chi connectivity index (χ2v) is 5.47. The van der Waals surface area contributed by atoms with Crippen LogP contribution in [0.15, 0.2) is 24.3 Å². The summed E-state index contributed by atoms with van der Waals surface area (Å²) < 4.78 is 5.82. The van der Waals surface area contributed by atoms with E-state index in [2.05, 4.69) is 55.3 Å². The first kappa shape index (κ1) is 14.4. The molecule has 3 nitrogen and oxygen atoms in total. The molecular weight excluding hydrogens is 236 g/mol. The van der Waals surface area contributed by atoms with Crippen molar-refractivity contribution in [3.8, 4) is 0 Å². The van der Waals surface area contributed by atoms with Crippen LogP contribution in [0.1, 0.15) is 32.8 Å². The molecule has 1 aliphatic heterocycles. The Labute approximate surface area is 116 Å². The van der Waals surface area contributed by atoms with Crippen LogP contribution in [0, 0.1) is 0 Å². The molecule has 19 heavy (non-hydrogen) atoms. The first-order chi connectivity index (χ1) is 9.20. The molecule has 1 saturated heterocycles. The SMILES string of the molecule is CCCNCc1ccccc1N1C[C@@H](C)O[C@@H](C)C1. The van der Waals surface area contributed by atoms with Crippen LogP contribution in [0.5, 0.6) is 0 Å². The van der Waals surface area contributed by atoms with Crippen molar-refractivity contribution >= 4 is 5.69 Å². The molecule has 1 aliphatic rings. The molecule has 0 radical (unpaired) electrons. The first-order valence-electron chi connectivity index (χ1n) is 7.39. The predicted octanol–water partition coefficient (Wildman–Crippen LogP) is 2.80. The molecule has 1 heterocycles. The zero-order valence-electron chi connectivity index (χ0n) is 12.4. The zero-order valence-corrected chi connectivity index (χ0v) is 12.4. The van der Waals surface area contributed by atoms with Gasteiger partial charge in [-0.15, -0.1) is 0 Å². The summed E-state index contributed by atoms with van der Waals surface area (Å²) in [5.41, 5.74) is 2.74. The highest BCUT2D eigenvalue weighted by atomic mass is 16.5. The lowest BCUT2D eigenvalue weighted by Crippen LogP contribution is -2.46. The number of nitrogens with zero attached hydrogens (tertiary/aromatic N) is 1. The summed E-state index contributed by atoms with van der Waals surface area (Å²) in [7, 11) is 0. The first-order valence-corrected chi connectivity index (χ1v) is 7.39. The van der Waals surface area contributed by atoms with Crippen molar-refractivity contribution < 1.29 is 4.74 Å². The fraction of sp³-hybridized carbons (Fsp3) is 0.625. The molecule has 2 rings (SSSR count). The maximum absolute atomic E-state index is 5.82. The largest absolute Gasteiger partial charge is 0.372 e. The van der Waals surface area contributed by atoms with Gasteiger partial charge in [0, 0.05) is 25.3 Å². The molecule has 0 unspecified atom stereocenters. The molecular formula is C16H26N2O. The number of nitrogens with one attached hydrogen (secondary N) is 1. The van der Waals surface area contributed by atoms with Crippen LogP contribution >= 0.6 is 0 Å². The van der Waals surface area contributed by atoms with E-state index in [0.29, 0.717) is 12.2 Å². The molecule has 0 amide bonds. The molecule has 0 saturated carbocycles. The number of morpholine rings is 1. The third-order valence-electron chi connectivity index (χ3n) is 3.49. The quantitative estimate of drug-likeness (QED) is 0.826. The van der Waals surface area contributed by atoms with Gasteiger partial charge < -0.3 is 15.0 Å². The van der Waals surface area contributed by atoms with E-state index in [1.165, 1.54) is 17.7 Å². The van der Waals surface area contributed by atoms with Crippen molar-refractivity contribution in [1.29, 1.82) is 0 Å². The lowest BCUT2D eigenvalue weighted by molar-refractivity contribution is -0.00526. The van der Waals surface area contributed by atoms with E-state index in [0.717, 1.165) is 26.2 Å². The van der Waals surface area contributed by atoms with E-state index < -0.39 is 0 Å². The minimum atomic E-state index is 0.306. The second kappa shape index (κ2) is 6.92. The minimum Gasteiger partial charge on any atom is -0.372 e. The maximum atomic E-state index is 5.82. The summed E-state index contributed by atoms with van der Waals surface area (Å²) >= 11 is 0. The topological polar surface area (TPSA) is 24.5 Å². The third-order valence-corrected chi connectivity index (χ3v) is 3.49. The number of benzene rings is 1. The molecule has 1 fully saturated rings. The average Bonchev–Trinajstić information content (AvgIpc) is 2.38. The molecule has 1 aromatic rings. The molecule has 0 aliphatic carbocycles. The Morgan fingerprint density at radius 1 is 1.21 bits per heavy atom. The van der Waals surface area contributed by atoms with Crippen molar-refractivity contribution in [3.05, 3.63) is 29.8 Å². The van der Waals surface area contributed by atoms with Crippen molar-refractivity contribution in [2.75, 3.05) is 24.5 Å². The fourth-order valence-corrected chi connectivity index (χ4v) is 2.74.